The van der Waals surface area contributed by atoms with Crippen molar-refractivity contribution in [3.63, 3.8) is 0 Å². The molecule has 0 aliphatic rings. The van der Waals surface area contributed by atoms with Crippen LogP contribution in [0.15, 0.2) is 51.6 Å². The molecule has 0 unspecified atom stereocenters. The summed E-state index contributed by atoms with van der Waals surface area (Å²) in [5, 5.41) is 0. The highest BCUT2D eigenvalue weighted by Gasteiger charge is 2.19. The molecule has 3 aromatic rings. The Balaban J connectivity index is 1.71. The average Bonchev–Trinajstić information content (AvgIpc) is 3.30. The van der Waals surface area contributed by atoms with E-state index in [0.29, 0.717) is 27.9 Å². The second-order valence-electron chi connectivity index (χ2n) is 6.30. The maximum atomic E-state index is 12.6. The van der Waals surface area contributed by atoms with Gasteiger partial charge in [-0.05, 0) is 66.2 Å². The molecule has 0 saturated heterocycles. The number of carbonyl (C=O) groups excluding carboxylic acids is 2. The van der Waals surface area contributed by atoms with Gasteiger partial charge in [-0.2, -0.15) is 0 Å². The largest absolute Gasteiger partial charge is 0.497 e. The van der Waals surface area contributed by atoms with Crippen LogP contribution in [0.25, 0.3) is 0 Å². The first-order valence-electron chi connectivity index (χ1n) is 8.63. The van der Waals surface area contributed by atoms with Crippen LogP contribution in [-0.4, -0.2) is 30.0 Å². The van der Waals surface area contributed by atoms with Gasteiger partial charge < -0.3 is 18.5 Å². The van der Waals surface area contributed by atoms with Crippen molar-refractivity contribution in [1.29, 1.82) is 0 Å². The van der Waals surface area contributed by atoms with Crippen molar-refractivity contribution in [3.05, 3.63) is 75.4 Å². The van der Waals surface area contributed by atoms with Crippen LogP contribution in [0.4, 0.5) is 0 Å². The Hall–Kier alpha value is -2.80. The number of aromatic nitrogens is 1. The van der Waals surface area contributed by atoms with Crippen molar-refractivity contribution in [2.75, 3.05) is 13.7 Å². The molecule has 0 aliphatic carbocycles. The summed E-state index contributed by atoms with van der Waals surface area (Å²) in [6.45, 7) is 3.98. The van der Waals surface area contributed by atoms with Crippen LogP contribution < -0.4 is 4.74 Å². The molecule has 6 nitrogen and oxygen atoms in total. The lowest BCUT2D eigenvalue weighted by Gasteiger charge is -2.09. The lowest BCUT2D eigenvalue weighted by Crippen LogP contribution is -2.15. The number of ether oxygens (including phenoxy) is 2. The predicted molar refractivity (Wildman–Crippen MR) is 107 cm³/mol. The number of aryl methyl sites for hydroxylation is 1. The third-order valence-corrected chi connectivity index (χ3v) is 5.19. The number of methoxy groups -OCH3 is 1. The standard InChI is InChI=1S/C21H20BrNO5/c1-13-9-17(14(2)23(13)11-16-5-4-8-27-16)20(24)12-28-21(25)18-10-15(26-3)6-7-19(18)22/h4-10H,11-12H2,1-3H3. The molecule has 0 aliphatic heterocycles. The molecule has 0 atom stereocenters. The van der Waals surface area contributed by atoms with Crippen LogP contribution in [0.1, 0.15) is 37.9 Å². The summed E-state index contributed by atoms with van der Waals surface area (Å²) in [4.78, 5) is 25.0. The fourth-order valence-electron chi connectivity index (χ4n) is 2.96. The highest BCUT2D eigenvalue weighted by atomic mass is 79.9. The number of esters is 1. The highest BCUT2D eigenvalue weighted by molar-refractivity contribution is 9.10. The molecular formula is C21H20BrNO5. The summed E-state index contributed by atoms with van der Waals surface area (Å²) < 4.78 is 18.3. The molecule has 1 aromatic carbocycles. The molecule has 0 spiro atoms. The maximum absolute atomic E-state index is 12.6. The van der Waals surface area contributed by atoms with E-state index in [-0.39, 0.29) is 12.4 Å². The number of ketones is 1. The molecule has 2 heterocycles. The topological polar surface area (TPSA) is 70.7 Å². The molecule has 3 rings (SSSR count). The molecule has 0 N–H and O–H groups in total. The number of carbonyl (C=O) groups is 2. The molecule has 0 amide bonds. The van der Waals surface area contributed by atoms with E-state index >= 15 is 0 Å². The van der Waals surface area contributed by atoms with Crippen LogP contribution in [0.3, 0.4) is 0 Å². The Morgan fingerprint density at radius 2 is 1.93 bits per heavy atom. The minimum Gasteiger partial charge on any atom is -0.497 e. The van der Waals surface area contributed by atoms with E-state index in [1.165, 1.54) is 7.11 Å². The number of hydrogen-bond donors (Lipinski definition) is 0. The van der Waals surface area contributed by atoms with Gasteiger partial charge in [-0.3, -0.25) is 4.79 Å². The normalized spacial score (nSPS) is 10.7. The fourth-order valence-corrected chi connectivity index (χ4v) is 3.37. The van der Waals surface area contributed by atoms with Crippen molar-refractivity contribution >= 4 is 27.7 Å². The first-order valence-corrected chi connectivity index (χ1v) is 9.43. The number of furan rings is 1. The molecule has 0 fully saturated rings. The van der Waals surface area contributed by atoms with Gasteiger partial charge in [0, 0.05) is 21.4 Å². The van der Waals surface area contributed by atoms with Gasteiger partial charge in [0.25, 0.3) is 0 Å². The quantitative estimate of drug-likeness (QED) is 0.393. The van der Waals surface area contributed by atoms with Crippen LogP contribution in [-0.2, 0) is 11.3 Å². The van der Waals surface area contributed by atoms with Gasteiger partial charge in [0.05, 0.1) is 25.5 Å². The number of Topliss-reactive ketones (excluding diaryl/α,β-unsaturated/α-hetero) is 1. The van der Waals surface area contributed by atoms with Crippen molar-refractivity contribution in [3.8, 4) is 5.75 Å². The van der Waals surface area contributed by atoms with Gasteiger partial charge in [0.2, 0.25) is 5.78 Å². The number of rotatable bonds is 7. The second kappa shape index (κ2) is 8.48. The summed E-state index contributed by atoms with van der Waals surface area (Å²) in [5.74, 6) is 0.479. The highest BCUT2D eigenvalue weighted by Crippen LogP contribution is 2.23. The Morgan fingerprint density at radius 3 is 2.61 bits per heavy atom. The van der Waals surface area contributed by atoms with Gasteiger partial charge >= 0.3 is 5.97 Å². The Morgan fingerprint density at radius 1 is 1.14 bits per heavy atom. The number of halogens is 1. The van der Waals surface area contributed by atoms with Gasteiger partial charge in [0.1, 0.15) is 11.5 Å². The van der Waals surface area contributed by atoms with Crippen molar-refractivity contribution in [1.82, 2.24) is 4.57 Å². The summed E-state index contributed by atoms with van der Waals surface area (Å²) >= 11 is 3.31. The lowest BCUT2D eigenvalue weighted by molar-refractivity contribution is 0.0473. The van der Waals surface area contributed by atoms with E-state index < -0.39 is 5.97 Å². The van der Waals surface area contributed by atoms with Crippen LogP contribution in [0.2, 0.25) is 0 Å². The third kappa shape index (κ3) is 4.20. The van der Waals surface area contributed by atoms with Crippen molar-refractivity contribution in [2.45, 2.75) is 20.4 Å². The molecular weight excluding hydrogens is 426 g/mol. The smallest absolute Gasteiger partial charge is 0.339 e. The summed E-state index contributed by atoms with van der Waals surface area (Å²) in [6.07, 6.45) is 1.62. The zero-order valence-corrected chi connectivity index (χ0v) is 17.4. The van der Waals surface area contributed by atoms with Gasteiger partial charge in [-0.15, -0.1) is 0 Å². The Kier molecular flexibility index (Phi) is 6.04. The summed E-state index contributed by atoms with van der Waals surface area (Å²) in [6, 6.07) is 10.5. The van der Waals surface area contributed by atoms with E-state index in [2.05, 4.69) is 15.9 Å². The SMILES string of the molecule is COc1ccc(Br)c(C(=O)OCC(=O)c2cc(C)n(Cc3ccco3)c2C)c1. The minimum absolute atomic E-state index is 0.258. The van der Waals surface area contributed by atoms with E-state index in [1.807, 2.05) is 30.5 Å². The average molecular weight is 446 g/mol. The molecule has 0 bridgehead atoms. The Bertz CT molecular complexity index is 1000. The zero-order chi connectivity index (χ0) is 20.3. The van der Waals surface area contributed by atoms with E-state index in [1.54, 1.807) is 30.5 Å². The van der Waals surface area contributed by atoms with Gasteiger partial charge in [-0.25, -0.2) is 4.79 Å². The Labute approximate surface area is 171 Å². The molecule has 28 heavy (non-hydrogen) atoms. The van der Waals surface area contributed by atoms with Crippen molar-refractivity contribution in [2.24, 2.45) is 0 Å². The van der Waals surface area contributed by atoms with E-state index in [9.17, 15) is 9.59 Å². The zero-order valence-electron chi connectivity index (χ0n) is 15.8. The predicted octanol–water partition coefficient (Wildman–Crippen LogP) is 4.56. The molecule has 0 saturated carbocycles. The first-order chi connectivity index (χ1) is 13.4. The van der Waals surface area contributed by atoms with Crippen LogP contribution in [0, 0.1) is 13.8 Å². The van der Waals surface area contributed by atoms with Gasteiger partial charge in [-0.1, -0.05) is 0 Å². The maximum Gasteiger partial charge on any atom is 0.339 e. The molecule has 2 aromatic heterocycles. The van der Waals surface area contributed by atoms with Crippen LogP contribution >= 0.6 is 15.9 Å². The van der Waals surface area contributed by atoms with Crippen molar-refractivity contribution < 1.29 is 23.5 Å². The van der Waals surface area contributed by atoms with E-state index in [4.69, 9.17) is 13.9 Å². The number of nitrogens with zero attached hydrogens (tertiary/aromatic N) is 1. The van der Waals surface area contributed by atoms with Crippen LogP contribution in [0.5, 0.6) is 5.75 Å². The number of benzene rings is 1. The molecule has 0 radical (unpaired) electrons. The van der Waals surface area contributed by atoms with E-state index in [0.717, 1.165) is 17.1 Å². The molecule has 7 heteroatoms. The second-order valence-corrected chi connectivity index (χ2v) is 7.15. The minimum atomic E-state index is -0.594. The lowest BCUT2D eigenvalue weighted by atomic mass is 10.1. The summed E-state index contributed by atoms with van der Waals surface area (Å²) in [5.41, 5.74) is 2.56. The summed E-state index contributed by atoms with van der Waals surface area (Å²) in [7, 11) is 1.51. The number of hydrogen-bond acceptors (Lipinski definition) is 5. The fraction of sp³-hybridized carbons (Fsp3) is 0.238. The monoisotopic (exact) mass is 445 g/mol. The first kappa shape index (κ1) is 19.9. The van der Waals surface area contributed by atoms with Gasteiger partial charge in [0.15, 0.2) is 6.61 Å². The third-order valence-electron chi connectivity index (χ3n) is 4.50. The molecule has 146 valence electrons.